The molecule has 0 radical (unpaired) electrons. The van der Waals surface area contributed by atoms with Crippen LogP contribution in [0.15, 0.2) is 5.38 Å². The molecule has 0 aliphatic carbocycles. The van der Waals surface area contributed by atoms with E-state index in [0.717, 1.165) is 31.9 Å². The van der Waals surface area contributed by atoms with Gasteiger partial charge in [0, 0.05) is 31.6 Å². The molecule has 1 aliphatic heterocycles. The van der Waals surface area contributed by atoms with E-state index in [-0.39, 0.29) is 0 Å². The highest BCUT2D eigenvalue weighted by Gasteiger charge is 2.17. The molecule has 1 aromatic heterocycles. The van der Waals surface area contributed by atoms with Crippen molar-refractivity contribution in [1.82, 2.24) is 10.3 Å². The molecule has 2 heterocycles. The fraction of sp³-hybridized carbons (Fsp3) is 0.700. The first-order chi connectivity index (χ1) is 6.88. The Morgan fingerprint density at radius 2 is 2.64 bits per heavy atom. The third-order valence-electron chi connectivity index (χ3n) is 2.44. The molecule has 14 heavy (non-hydrogen) atoms. The lowest BCUT2D eigenvalue weighted by Crippen LogP contribution is -2.06. The van der Waals surface area contributed by atoms with Gasteiger partial charge in [-0.05, 0) is 19.4 Å². The summed E-state index contributed by atoms with van der Waals surface area (Å²) < 4.78 is 5.35. The van der Waals surface area contributed by atoms with Crippen molar-refractivity contribution in [3.8, 4) is 0 Å². The van der Waals surface area contributed by atoms with Crippen LogP contribution in [0.1, 0.15) is 17.1 Å². The van der Waals surface area contributed by atoms with Gasteiger partial charge >= 0.3 is 0 Å². The van der Waals surface area contributed by atoms with Crippen molar-refractivity contribution in [3.05, 3.63) is 16.1 Å². The number of nitrogens with zero attached hydrogens (tertiary/aromatic N) is 1. The zero-order chi connectivity index (χ0) is 9.80. The summed E-state index contributed by atoms with van der Waals surface area (Å²) in [4.78, 5) is 4.56. The fourth-order valence-corrected chi connectivity index (χ4v) is 2.61. The first-order valence-corrected chi connectivity index (χ1v) is 5.92. The predicted molar refractivity (Wildman–Crippen MR) is 57.5 cm³/mol. The van der Waals surface area contributed by atoms with Crippen molar-refractivity contribution in [1.29, 1.82) is 0 Å². The van der Waals surface area contributed by atoms with E-state index >= 15 is 0 Å². The third kappa shape index (κ3) is 2.53. The number of hydrogen-bond acceptors (Lipinski definition) is 4. The minimum absolute atomic E-state index is 0.698. The number of hydrogen-bond donors (Lipinski definition) is 1. The number of ether oxygens (including phenoxy) is 1. The van der Waals surface area contributed by atoms with Gasteiger partial charge in [0.1, 0.15) is 0 Å². The Kier molecular flexibility index (Phi) is 3.50. The molecule has 0 aromatic carbocycles. The monoisotopic (exact) mass is 212 g/mol. The molecule has 1 saturated heterocycles. The maximum absolute atomic E-state index is 5.35. The average molecular weight is 212 g/mol. The molecule has 1 unspecified atom stereocenters. The minimum Gasteiger partial charge on any atom is -0.381 e. The fourth-order valence-electron chi connectivity index (χ4n) is 1.70. The second-order valence-electron chi connectivity index (χ2n) is 3.70. The van der Waals surface area contributed by atoms with Gasteiger partial charge in [-0.2, -0.15) is 0 Å². The lowest BCUT2D eigenvalue weighted by atomic mass is 10.1. The van der Waals surface area contributed by atoms with E-state index in [2.05, 4.69) is 15.7 Å². The van der Waals surface area contributed by atoms with Crippen LogP contribution in [0.2, 0.25) is 0 Å². The predicted octanol–water partition coefficient (Wildman–Crippen LogP) is 1.44. The van der Waals surface area contributed by atoms with Gasteiger partial charge in [0.05, 0.1) is 10.7 Å². The molecule has 2 rings (SSSR count). The van der Waals surface area contributed by atoms with E-state index in [1.165, 1.54) is 11.4 Å². The van der Waals surface area contributed by atoms with Crippen molar-refractivity contribution in [2.24, 2.45) is 5.92 Å². The first-order valence-electron chi connectivity index (χ1n) is 5.04. The van der Waals surface area contributed by atoms with Crippen LogP contribution in [0.3, 0.4) is 0 Å². The SMILES string of the molecule is CNCc1csc(CC2CCOC2)n1. The highest BCUT2D eigenvalue weighted by molar-refractivity contribution is 7.09. The first kappa shape index (κ1) is 10.1. The molecule has 4 heteroatoms. The molecular formula is C10H16N2OS. The molecule has 1 N–H and O–H groups in total. The van der Waals surface area contributed by atoms with Gasteiger partial charge in [-0.3, -0.25) is 0 Å². The van der Waals surface area contributed by atoms with E-state index in [1.54, 1.807) is 11.3 Å². The van der Waals surface area contributed by atoms with Gasteiger partial charge in [0.25, 0.3) is 0 Å². The summed E-state index contributed by atoms with van der Waals surface area (Å²) in [7, 11) is 1.95. The average Bonchev–Trinajstić information content (AvgIpc) is 2.79. The van der Waals surface area contributed by atoms with E-state index in [1.807, 2.05) is 7.05 Å². The molecule has 1 aromatic rings. The smallest absolute Gasteiger partial charge is 0.0932 e. The molecule has 0 amide bonds. The number of aromatic nitrogens is 1. The van der Waals surface area contributed by atoms with Crippen molar-refractivity contribution in [2.45, 2.75) is 19.4 Å². The Labute approximate surface area is 88.5 Å². The normalized spacial score (nSPS) is 21.6. The van der Waals surface area contributed by atoms with Gasteiger partial charge in [-0.15, -0.1) is 11.3 Å². The summed E-state index contributed by atoms with van der Waals surface area (Å²) in [6.07, 6.45) is 2.29. The van der Waals surface area contributed by atoms with Crippen LogP contribution >= 0.6 is 11.3 Å². The highest BCUT2D eigenvalue weighted by Crippen LogP contribution is 2.20. The van der Waals surface area contributed by atoms with E-state index in [9.17, 15) is 0 Å². The second-order valence-corrected chi connectivity index (χ2v) is 4.64. The maximum Gasteiger partial charge on any atom is 0.0932 e. The molecule has 0 bridgehead atoms. The van der Waals surface area contributed by atoms with Crippen molar-refractivity contribution in [2.75, 3.05) is 20.3 Å². The van der Waals surface area contributed by atoms with Crippen LogP contribution < -0.4 is 5.32 Å². The largest absolute Gasteiger partial charge is 0.381 e. The standard InChI is InChI=1S/C10H16N2OS/c1-11-5-9-7-14-10(12-9)4-8-2-3-13-6-8/h7-8,11H,2-6H2,1H3. The van der Waals surface area contributed by atoms with Crippen molar-refractivity contribution in [3.63, 3.8) is 0 Å². The summed E-state index contributed by atoms with van der Waals surface area (Å²) in [6.45, 7) is 2.72. The van der Waals surface area contributed by atoms with Crippen LogP contribution in [0.4, 0.5) is 0 Å². The highest BCUT2D eigenvalue weighted by atomic mass is 32.1. The van der Waals surface area contributed by atoms with Crippen LogP contribution in [0.5, 0.6) is 0 Å². The molecule has 0 spiro atoms. The van der Waals surface area contributed by atoms with Gasteiger partial charge < -0.3 is 10.1 Å². The van der Waals surface area contributed by atoms with Gasteiger partial charge in [-0.25, -0.2) is 4.98 Å². The molecule has 1 atom stereocenters. The maximum atomic E-state index is 5.35. The second kappa shape index (κ2) is 4.87. The van der Waals surface area contributed by atoms with Crippen LogP contribution in [-0.4, -0.2) is 25.2 Å². The Balaban J connectivity index is 1.88. The summed E-state index contributed by atoms with van der Waals surface area (Å²) >= 11 is 1.77. The van der Waals surface area contributed by atoms with Gasteiger partial charge in [0.2, 0.25) is 0 Å². The van der Waals surface area contributed by atoms with Crippen LogP contribution in [0, 0.1) is 5.92 Å². The third-order valence-corrected chi connectivity index (χ3v) is 3.36. The van der Waals surface area contributed by atoms with Crippen LogP contribution in [-0.2, 0) is 17.7 Å². The van der Waals surface area contributed by atoms with E-state index < -0.39 is 0 Å². The van der Waals surface area contributed by atoms with Crippen molar-refractivity contribution >= 4 is 11.3 Å². The molecule has 1 aliphatic rings. The molecular weight excluding hydrogens is 196 g/mol. The molecule has 3 nitrogen and oxygen atoms in total. The zero-order valence-corrected chi connectivity index (χ0v) is 9.27. The summed E-state index contributed by atoms with van der Waals surface area (Å²) in [6, 6.07) is 0. The summed E-state index contributed by atoms with van der Waals surface area (Å²) in [5.74, 6) is 0.698. The molecule has 0 saturated carbocycles. The van der Waals surface area contributed by atoms with Crippen LogP contribution in [0.25, 0.3) is 0 Å². The summed E-state index contributed by atoms with van der Waals surface area (Å²) in [5, 5.41) is 6.51. The Hall–Kier alpha value is -0.450. The zero-order valence-electron chi connectivity index (χ0n) is 8.45. The van der Waals surface area contributed by atoms with E-state index in [0.29, 0.717) is 5.92 Å². The lowest BCUT2D eigenvalue weighted by molar-refractivity contribution is 0.186. The Morgan fingerprint density at radius 3 is 3.36 bits per heavy atom. The minimum atomic E-state index is 0.698. The quantitative estimate of drug-likeness (QED) is 0.820. The topological polar surface area (TPSA) is 34.1 Å². The van der Waals surface area contributed by atoms with Crippen molar-refractivity contribution < 1.29 is 4.74 Å². The Morgan fingerprint density at radius 1 is 1.71 bits per heavy atom. The summed E-state index contributed by atoms with van der Waals surface area (Å²) in [5.41, 5.74) is 1.16. The Bertz CT molecular complexity index is 281. The number of nitrogens with one attached hydrogen (secondary N) is 1. The van der Waals surface area contributed by atoms with E-state index in [4.69, 9.17) is 4.74 Å². The lowest BCUT2D eigenvalue weighted by Gasteiger charge is -2.02. The van der Waals surface area contributed by atoms with Gasteiger partial charge in [-0.1, -0.05) is 0 Å². The number of rotatable bonds is 4. The molecule has 1 fully saturated rings. The van der Waals surface area contributed by atoms with Gasteiger partial charge in [0.15, 0.2) is 0 Å². The number of thiazole rings is 1. The molecule has 78 valence electrons.